The van der Waals surface area contributed by atoms with E-state index in [4.69, 9.17) is 23.2 Å². The van der Waals surface area contributed by atoms with E-state index < -0.39 is 10.0 Å². The Kier molecular flexibility index (Phi) is 5.71. The zero-order valence-electron chi connectivity index (χ0n) is 16.4. The summed E-state index contributed by atoms with van der Waals surface area (Å²) in [7, 11) is -0.511. The van der Waals surface area contributed by atoms with Gasteiger partial charge in [0.2, 0.25) is 10.0 Å². The fraction of sp³-hybridized carbons (Fsp3) is 0.278. The van der Waals surface area contributed by atoms with Gasteiger partial charge in [-0.3, -0.25) is 4.40 Å². The number of hydrogen-bond acceptors (Lipinski definition) is 6. The minimum atomic E-state index is -3.53. The Labute approximate surface area is 187 Å². The second-order valence-corrected chi connectivity index (χ2v) is 10.6. The van der Waals surface area contributed by atoms with Crippen molar-refractivity contribution < 1.29 is 8.42 Å². The number of aryl methyl sites for hydroxylation is 1. The molecule has 0 aliphatic rings. The summed E-state index contributed by atoms with van der Waals surface area (Å²) in [5.41, 5.74) is 2.04. The predicted octanol–water partition coefficient (Wildman–Crippen LogP) is 3.95. The highest BCUT2D eigenvalue weighted by Gasteiger charge is 2.20. The van der Waals surface area contributed by atoms with Crippen molar-refractivity contribution in [2.45, 2.75) is 29.3 Å². The molecule has 0 radical (unpaired) electrons. The van der Waals surface area contributed by atoms with Crippen molar-refractivity contribution in [3.05, 3.63) is 46.3 Å². The third-order valence-corrected chi connectivity index (χ3v) is 7.85. The van der Waals surface area contributed by atoms with Gasteiger partial charge in [0.05, 0.1) is 31.7 Å². The standard InChI is InChI=1S/C18H18Cl2N6O2S2/c1-4-25-15-6-5-12(30(27,28)24(2)3)8-14(15)21-16(25)10-29-18-23-22-17-13(20)7-11(19)9-26(17)18/h5-9H,4,10H2,1-3H3. The van der Waals surface area contributed by atoms with Crippen LogP contribution in [0.15, 0.2) is 40.5 Å². The number of benzene rings is 1. The van der Waals surface area contributed by atoms with Crippen molar-refractivity contribution in [3.8, 4) is 0 Å². The molecule has 0 spiro atoms. The SMILES string of the molecule is CCn1c(CSc2nnc3c(Cl)cc(Cl)cn23)nc2cc(S(=O)(=O)N(C)C)ccc21. The van der Waals surface area contributed by atoms with E-state index in [0.717, 1.165) is 11.3 Å². The second kappa shape index (κ2) is 8.01. The number of nitrogens with zero attached hydrogens (tertiary/aromatic N) is 6. The van der Waals surface area contributed by atoms with E-state index in [0.29, 0.717) is 38.7 Å². The molecule has 30 heavy (non-hydrogen) atoms. The van der Waals surface area contributed by atoms with E-state index in [-0.39, 0.29) is 4.90 Å². The molecule has 12 heteroatoms. The molecule has 0 fully saturated rings. The molecule has 158 valence electrons. The van der Waals surface area contributed by atoms with E-state index in [1.54, 1.807) is 34.9 Å². The molecule has 0 aliphatic carbocycles. The Balaban J connectivity index is 1.69. The van der Waals surface area contributed by atoms with Gasteiger partial charge in [-0.15, -0.1) is 10.2 Å². The minimum absolute atomic E-state index is 0.215. The highest BCUT2D eigenvalue weighted by atomic mass is 35.5. The summed E-state index contributed by atoms with van der Waals surface area (Å²) < 4.78 is 29.9. The fourth-order valence-electron chi connectivity index (χ4n) is 3.12. The number of rotatable bonds is 6. The van der Waals surface area contributed by atoms with Gasteiger partial charge in [-0.05, 0) is 31.2 Å². The van der Waals surface area contributed by atoms with Crippen LogP contribution in [0.1, 0.15) is 12.7 Å². The summed E-state index contributed by atoms with van der Waals surface area (Å²) in [5, 5.41) is 9.87. The monoisotopic (exact) mass is 484 g/mol. The average Bonchev–Trinajstić information content (AvgIpc) is 3.26. The van der Waals surface area contributed by atoms with Crippen LogP contribution in [0.5, 0.6) is 0 Å². The van der Waals surface area contributed by atoms with Crippen molar-refractivity contribution in [1.29, 1.82) is 0 Å². The van der Waals surface area contributed by atoms with Crippen LogP contribution in [-0.2, 0) is 22.3 Å². The molecule has 0 N–H and O–H groups in total. The summed E-state index contributed by atoms with van der Waals surface area (Å²) in [6.07, 6.45) is 1.71. The van der Waals surface area contributed by atoms with Gasteiger partial charge in [0.15, 0.2) is 10.8 Å². The third-order valence-electron chi connectivity index (χ3n) is 4.62. The molecular formula is C18H18Cl2N6O2S2. The smallest absolute Gasteiger partial charge is 0.242 e. The van der Waals surface area contributed by atoms with Gasteiger partial charge in [-0.25, -0.2) is 17.7 Å². The van der Waals surface area contributed by atoms with Crippen molar-refractivity contribution in [1.82, 2.24) is 28.5 Å². The number of hydrogen-bond donors (Lipinski definition) is 0. The minimum Gasteiger partial charge on any atom is -0.328 e. The lowest BCUT2D eigenvalue weighted by molar-refractivity contribution is 0.521. The van der Waals surface area contributed by atoms with Gasteiger partial charge in [0.25, 0.3) is 0 Å². The third kappa shape index (κ3) is 3.67. The zero-order chi connectivity index (χ0) is 21.6. The number of fused-ring (bicyclic) bond motifs is 2. The lowest BCUT2D eigenvalue weighted by Gasteiger charge is -2.11. The van der Waals surface area contributed by atoms with Crippen LogP contribution < -0.4 is 0 Å². The molecule has 0 amide bonds. The van der Waals surface area contributed by atoms with Crippen molar-refractivity contribution in [2.75, 3.05) is 14.1 Å². The summed E-state index contributed by atoms with van der Waals surface area (Å²) in [4.78, 5) is 4.90. The summed E-state index contributed by atoms with van der Waals surface area (Å²) >= 11 is 13.7. The molecule has 3 aromatic heterocycles. The van der Waals surface area contributed by atoms with Gasteiger partial charge < -0.3 is 4.57 Å². The normalized spacial score (nSPS) is 12.5. The maximum atomic E-state index is 12.4. The Hall–Kier alpha value is -1.85. The Bertz CT molecular complexity index is 1360. The van der Waals surface area contributed by atoms with Crippen LogP contribution in [0, 0.1) is 0 Å². The predicted molar refractivity (Wildman–Crippen MR) is 119 cm³/mol. The molecule has 8 nitrogen and oxygen atoms in total. The Morgan fingerprint density at radius 2 is 1.93 bits per heavy atom. The Morgan fingerprint density at radius 1 is 1.17 bits per heavy atom. The average molecular weight is 485 g/mol. The summed E-state index contributed by atoms with van der Waals surface area (Å²) in [5.74, 6) is 1.32. The van der Waals surface area contributed by atoms with Gasteiger partial charge in [-0.1, -0.05) is 35.0 Å². The van der Waals surface area contributed by atoms with E-state index in [2.05, 4.69) is 19.7 Å². The van der Waals surface area contributed by atoms with Crippen LogP contribution in [-0.4, -0.2) is 51.0 Å². The zero-order valence-corrected chi connectivity index (χ0v) is 19.5. The van der Waals surface area contributed by atoms with Crippen LogP contribution in [0.3, 0.4) is 0 Å². The van der Waals surface area contributed by atoms with Gasteiger partial charge in [-0.2, -0.15) is 0 Å². The number of sulfonamides is 1. The van der Waals surface area contributed by atoms with Crippen molar-refractivity contribution in [2.24, 2.45) is 0 Å². The van der Waals surface area contributed by atoms with Gasteiger partial charge >= 0.3 is 0 Å². The van der Waals surface area contributed by atoms with Crippen molar-refractivity contribution >= 4 is 61.7 Å². The molecule has 0 unspecified atom stereocenters. The molecule has 0 atom stereocenters. The van der Waals surface area contributed by atoms with E-state index in [1.807, 2.05) is 6.92 Å². The lowest BCUT2D eigenvalue weighted by atomic mass is 10.3. The van der Waals surface area contributed by atoms with E-state index >= 15 is 0 Å². The first-order chi connectivity index (χ1) is 14.2. The molecule has 4 aromatic rings. The first-order valence-electron chi connectivity index (χ1n) is 8.96. The highest BCUT2D eigenvalue weighted by Crippen LogP contribution is 2.29. The summed E-state index contributed by atoms with van der Waals surface area (Å²) in [6, 6.07) is 6.63. The van der Waals surface area contributed by atoms with Crippen LogP contribution in [0.4, 0.5) is 0 Å². The quantitative estimate of drug-likeness (QED) is 0.385. The van der Waals surface area contributed by atoms with Crippen LogP contribution in [0.2, 0.25) is 10.0 Å². The molecule has 0 saturated heterocycles. The number of aromatic nitrogens is 5. The largest absolute Gasteiger partial charge is 0.328 e. The molecular weight excluding hydrogens is 467 g/mol. The van der Waals surface area contributed by atoms with E-state index in [1.165, 1.54) is 30.2 Å². The van der Waals surface area contributed by atoms with Crippen molar-refractivity contribution in [3.63, 3.8) is 0 Å². The molecule has 0 saturated carbocycles. The maximum Gasteiger partial charge on any atom is 0.242 e. The molecule has 0 bridgehead atoms. The number of pyridine rings is 1. The van der Waals surface area contributed by atoms with Gasteiger partial charge in [0, 0.05) is 26.8 Å². The second-order valence-electron chi connectivity index (χ2n) is 6.68. The van der Waals surface area contributed by atoms with Crippen LogP contribution >= 0.6 is 35.0 Å². The van der Waals surface area contributed by atoms with Crippen LogP contribution in [0.25, 0.3) is 16.7 Å². The lowest BCUT2D eigenvalue weighted by Crippen LogP contribution is -2.22. The first kappa shape index (κ1) is 21.4. The molecule has 0 aliphatic heterocycles. The molecule has 4 rings (SSSR count). The first-order valence-corrected chi connectivity index (χ1v) is 12.1. The fourth-order valence-corrected chi connectivity index (χ4v) is 5.41. The summed E-state index contributed by atoms with van der Waals surface area (Å²) in [6.45, 7) is 2.72. The molecule has 3 heterocycles. The number of imidazole rings is 1. The number of thioether (sulfide) groups is 1. The number of halogens is 2. The molecule has 1 aromatic carbocycles. The topological polar surface area (TPSA) is 85.4 Å². The maximum absolute atomic E-state index is 12.4. The highest BCUT2D eigenvalue weighted by molar-refractivity contribution is 7.98. The van der Waals surface area contributed by atoms with E-state index in [9.17, 15) is 8.42 Å². The Morgan fingerprint density at radius 3 is 2.63 bits per heavy atom. The van der Waals surface area contributed by atoms with Gasteiger partial charge in [0.1, 0.15) is 5.82 Å².